The third-order valence-corrected chi connectivity index (χ3v) is 3.55. The molecule has 0 aliphatic heterocycles. The van der Waals surface area contributed by atoms with Crippen LogP contribution in [0.2, 0.25) is 0 Å². The Bertz CT molecular complexity index is 446. The number of amides is 2. The molecule has 5 heteroatoms. The molecule has 0 bridgehead atoms. The quantitative estimate of drug-likeness (QED) is 0.751. The molecule has 0 heterocycles. The van der Waals surface area contributed by atoms with Gasteiger partial charge in [0.15, 0.2) is 0 Å². The van der Waals surface area contributed by atoms with Crippen LogP contribution in [0.3, 0.4) is 0 Å². The average Bonchev–Trinajstić information content (AvgIpc) is 2.51. The summed E-state index contributed by atoms with van der Waals surface area (Å²) in [6, 6.07) is 7.78. The summed E-state index contributed by atoms with van der Waals surface area (Å²) in [6.45, 7) is 7.87. The maximum Gasteiger partial charge on any atom is 0.317 e. The van der Waals surface area contributed by atoms with E-state index in [0.717, 1.165) is 11.3 Å². The van der Waals surface area contributed by atoms with E-state index in [4.69, 9.17) is 9.47 Å². The average molecular weight is 308 g/mol. The fourth-order valence-electron chi connectivity index (χ4n) is 2.48. The SMILES string of the molecule is CCOCCNC(=O)N(C)C(c1ccc(OC)cc1)C(C)C. The van der Waals surface area contributed by atoms with Gasteiger partial charge in [-0.3, -0.25) is 0 Å². The van der Waals surface area contributed by atoms with E-state index in [1.54, 1.807) is 12.0 Å². The van der Waals surface area contributed by atoms with Gasteiger partial charge in [-0.05, 0) is 30.5 Å². The van der Waals surface area contributed by atoms with E-state index in [0.29, 0.717) is 25.7 Å². The van der Waals surface area contributed by atoms with E-state index in [1.807, 2.05) is 38.2 Å². The first-order valence-electron chi connectivity index (χ1n) is 7.73. The third-order valence-electron chi connectivity index (χ3n) is 3.55. The Labute approximate surface area is 133 Å². The van der Waals surface area contributed by atoms with Gasteiger partial charge in [0.2, 0.25) is 0 Å². The van der Waals surface area contributed by atoms with Crippen molar-refractivity contribution in [1.29, 1.82) is 0 Å². The summed E-state index contributed by atoms with van der Waals surface area (Å²) in [7, 11) is 3.47. The van der Waals surface area contributed by atoms with Crippen LogP contribution in [0.15, 0.2) is 24.3 Å². The number of nitrogens with zero attached hydrogens (tertiary/aromatic N) is 1. The monoisotopic (exact) mass is 308 g/mol. The zero-order chi connectivity index (χ0) is 16.5. The molecule has 0 aromatic heterocycles. The molecular weight excluding hydrogens is 280 g/mol. The van der Waals surface area contributed by atoms with Crippen molar-refractivity contribution in [3.8, 4) is 5.75 Å². The maximum absolute atomic E-state index is 12.3. The first-order valence-corrected chi connectivity index (χ1v) is 7.73. The number of carbonyl (C=O) groups excluding carboxylic acids is 1. The van der Waals surface area contributed by atoms with Gasteiger partial charge in [0.1, 0.15) is 5.75 Å². The van der Waals surface area contributed by atoms with Crippen LogP contribution < -0.4 is 10.1 Å². The van der Waals surface area contributed by atoms with E-state index in [9.17, 15) is 4.79 Å². The Morgan fingerprint density at radius 1 is 1.27 bits per heavy atom. The van der Waals surface area contributed by atoms with Gasteiger partial charge < -0.3 is 19.7 Å². The minimum Gasteiger partial charge on any atom is -0.497 e. The van der Waals surface area contributed by atoms with Crippen molar-refractivity contribution in [3.05, 3.63) is 29.8 Å². The lowest BCUT2D eigenvalue weighted by Crippen LogP contribution is -2.42. The molecule has 1 aromatic carbocycles. The van der Waals surface area contributed by atoms with Crippen LogP contribution in [0.5, 0.6) is 5.75 Å². The van der Waals surface area contributed by atoms with Gasteiger partial charge in [0.05, 0.1) is 19.8 Å². The Morgan fingerprint density at radius 2 is 1.91 bits per heavy atom. The number of carbonyl (C=O) groups is 1. The van der Waals surface area contributed by atoms with Crippen molar-refractivity contribution < 1.29 is 14.3 Å². The zero-order valence-corrected chi connectivity index (χ0v) is 14.3. The van der Waals surface area contributed by atoms with Crippen LogP contribution in [-0.2, 0) is 4.74 Å². The molecule has 2 amide bonds. The summed E-state index contributed by atoms with van der Waals surface area (Å²) < 4.78 is 10.4. The number of benzene rings is 1. The van der Waals surface area contributed by atoms with E-state index in [-0.39, 0.29) is 12.1 Å². The van der Waals surface area contributed by atoms with Crippen LogP contribution in [0.4, 0.5) is 4.79 Å². The fourth-order valence-corrected chi connectivity index (χ4v) is 2.48. The van der Waals surface area contributed by atoms with Crippen molar-refractivity contribution in [1.82, 2.24) is 10.2 Å². The number of methoxy groups -OCH3 is 1. The molecule has 0 spiro atoms. The molecule has 1 N–H and O–H groups in total. The van der Waals surface area contributed by atoms with Crippen molar-refractivity contribution >= 4 is 6.03 Å². The molecule has 5 nitrogen and oxygen atoms in total. The van der Waals surface area contributed by atoms with Crippen LogP contribution in [0.25, 0.3) is 0 Å². The Kier molecular flexibility index (Phi) is 7.74. The molecule has 1 rings (SSSR count). The molecule has 0 aliphatic carbocycles. The predicted octanol–water partition coefficient (Wildman–Crippen LogP) is 3.07. The number of hydrogen-bond acceptors (Lipinski definition) is 3. The molecule has 0 saturated carbocycles. The minimum absolute atomic E-state index is 0.0120. The Hall–Kier alpha value is -1.75. The summed E-state index contributed by atoms with van der Waals surface area (Å²) in [6.07, 6.45) is 0. The molecule has 1 aromatic rings. The van der Waals surface area contributed by atoms with Gasteiger partial charge in [-0.1, -0.05) is 26.0 Å². The zero-order valence-electron chi connectivity index (χ0n) is 14.3. The van der Waals surface area contributed by atoms with Gasteiger partial charge in [-0.15, -0.1) is 0 Å². The van der Waals surface area contributed by atoms with Crippen LogP contribution in [0, 0.1) is 5.92 Å². The molecule has 0 saturated heterocycles. The molecule has 0 radical (unpaired) electrons. The maximum atomic E-state index is 12.3. The molecule has 0 fully saturated rings. The highest BCUT2D eigenvalue weighted by Crippen LogP contribution is 2.28. The first kappa shape index (κ1) is 18.3. The number of rotatable bonds is 8. The highest BCUT2D eigenvalue weighted by molar-refractivity contribution is 5.74. The molecule has 22 heavy (non-hydrogen) atoms. The van der Waals surface area contributed by atoms with E-state index >= 15 is 0 Å². The predicted molar refractivity (Wildman–Crippen MR) is 88.2 cm³/mol. The number of urea groups is 1. The van der Waals surface area contributed by atoms with E-state index in [2.05, 4.69) is 19.2 Å². The number of nitrogens with one attached hydrogen (secondary N) is 1. The Balaban J connectivity index is 2.74. The van der Waals surface area contributed by atoms with Crippen molar-refractivity contribution in [2.75, 3.05) is 33.9 Å². The number of hydrogen-bond donors (Lipinski definition) is 1. The summed E-state index contributed by atoms with van der Waals surface area (Å²) in [5.74, 6) is 1.12. The van der Waals surface area contributed by atoms with Gasteiger partial charge in [0.25, 0.3) is 0 Å². The smallest absolute Gasteiger partial charge is 0.317 e. The highest BCUT2D eigenvalue weighted by atomic mass is 16.5. The summed E-state index contributed by atoms with van der Waals surface area (Å²) >= 11 is 0. The van der Waals surface area contributed by atoms with Gasteiger partial charge in [-0.25, -0.2) is 4.79 Å². The lowest BCUT2D eigenvalue weighted by molar-refractivity contribution is 0.141. The first-order chi connectivity index (χ1) is 10.5. The van der Waals surface area contributed by atoms with E-state index < -0.39 is 0 Å². The lowest BCUT2D eigenvalue weighted by atomic mass is 9.95. The standard InChI is InChI=1S/C17H28N2O3/c1-6-22-12-11-18-17(20)19(4)16(13(2)3)14-7-9-15(21-5)10-8-14/h7-10,13,16H,6,11-12H2,1-5H3,(H,18,20). The highest BCUT2D eigenvalue weighted by Gasteiger charge is 2.24. The van der Waals surface area contributed by atoms with Gasteiger partial charge in [0, 0.05) is 20.2 Å². The normalized spacial score (nSPS) is 12.1. The summed E-state index contributed by atoms with van der Waals surface area (Å²) in [5, 5.41) is 2.88. The second kappa shape index (κ2) is 9.30. The molecule has 0 aliphatic rings. The second-order valence-corrected chi connectivity index (χ2v) is 5.50. The largest absolute Gasteiger partial charge is 0.497 e. The lowest BCUT2D eigenvalue weighted by Gasteiger charge is -2.32. The summed E-state index contributed by atoms with van der Waals surface area (Å²) in [4.78, 5) is 14.0. The summed E-state index contributed by atoms with van der Waals surface area (Å²) in [5.41, 5.74) is 1.10. The van der Waals surface area contributed by atoms with Gasteiger partial charge in [-0.2, -0.15) is 0 Å². The third kappa shape index (κ3) is 5.22. The topological polar surface area (TPSA) is 50.8 Å². The van der Waals surface area contributed by atoms with Crippen LogP contribution in [0.1, 0.15) is 32.4 Å². The van der Waals surface area contributed by atoms with Gasteiger partial charge >= 0.3 is 6.03 Å². The molecular formula is C17H28N2O3. The van der Waals surface area contributed by atoms with Crippen molar-refractivity contribution in [3.63, 3.8) is 0 Å². The second-order valence-electron chi connectivity index (χ2n) is 5.50. The van der Waals surface area contributed by atoms with E-state index in [1.165, 1.54) is 0 Å². The fraction of sp³-hybridized carbons (Fsp3) is 0.588. The van der Waals surface area contributed by atoms with Crippen molar-refractivity contribution in [2.45, 2.75) is 26.8 Å². The van der Waals surface area contributed by atoms with Crippen molar-refractivity contribution in [2.24, 2.45) is 5.92 Å². The van der Waals surface area contributed by atoms with Crippen LogP contribution in [-0.4, -0.2) is 44.8 Å². The molecule has 124 valence electrons. The minimum atomic E-state index is -0.0887. The van der Waals surface area contributed by atoms with Crippen LogP contribution >= 0.6 is 0 Å². The molecule has 1 unspecified atom stereocenters. The Morgan fingerprint density at radius 3 is 2.41 bits per heavy atom. The number of ether oxygens (including phenoxy) is 2. The molecule has 1 atom stereocenters.